The second-order valence-corrected chi connectivity index (χ2v) is 9.02. The first-order valence-electron chi connectivity index (χ1n) is 10.8. The van der Waals surface area contributed by atoms with Crippen LogP contribution >= 0.6 is 11.3 Å². The Balaban J connectivity index is 1.37. The average molecular weight is 474 g/mol. The van der Waals surface area contributed by atoms with Crippen LogP contribution in [0.4, 0.5) is 10.8 Å². The molecule has 34 heavy (non-hydrogen) atoms. The van der Waals surface area contributed by atoms with E-state index in [9.17, 15) is 9.59 Å². The molecule has 4 aromatic rings. The van der Waals surface area contributed by atoms with Crippen LogP contribution in [0.5, 0.6) is 5.75 Å². The smallest absolute Gasteiger partial charge is 0.231 e. The van der Waals surface area contributed by atoms with Crippen molar-refractivity contribution in [1.82, 2.24) is 14.5 Å². The first-order chi connectivity index (χ1) is 16.5. The van der Waals surface area contributed by atoms with Crippen molar-refractivity contribution >= 4 is 34.0 Å². The monoisotopic (exact) mass is 473 g/mol. The maximum absolute atomic E-state index is 13.1. The lowest BCUT2D eigenvalue weighted by atomic mass is 10.1. The van der Waals surface area contributed by atoms with Crippen molar-refractivity contribution in [1.29, 1.82) is 0 Å². The molecular formula is C25H23N5O3S. The van der Waals surface area contributed by atoms with Gasteiger partial charge in [-0.05, 0) is 24.3 Å². The summed E-state index contributed by atoms with van der Waals surface area (Å²) in [5.41, 5.74) is 2.45. The highest BCUT2D eigenvalue weighted by Gasteiger charge is 2.35. The van der Waals surface area contributed by atoms with E-state index in [2.05, 4.69) is 10.3 Å². The number of methoxy groups -OCH3 is 1. The summed E-state index contributed by atoms with van der Waals surface area (Å²) in [7, 11) is 3.52. The third kappa shape index (κ3) is 4.17. The zero-order valence-corrected chi connectivity index (χ0v) is 19.6. The quantitative estimate of drug-likeness (QED) is 0.453. The molecule has 8 nitrogen and oxygen atoms in total. The first-order valence-corrected chi connectivity index (χ1v) is 11.6. The molecule has 0 aliphatic carbocycles. The molecule has 0 spiro atoms. The fraction of sp³-hybridized carbons (Fsp3) is 0.200. The number of anilines is 2. The molecule has 1 fully saturated rings. The Morgan fingerprint density at radius 1 is 1.15 bits per heavy atom. The molecule has 2 aromatic heterocycles. The summed E-state index contributed by atoms with van der Waals surface area (Å²) in [5, 5.41) is 3.42. The van der Waals surface area contributed by atoms with E-state index in [1.165, 1.54) is 11.3 Å². The molecule has 0 radical (unpaired) electrons. The van der Waals surface area contributed by atoms with Crippen molar-refractivity contribution < 1.29 is 14.3 Å². The van der Waals surface area contributed by atoms with E-state index in [4.69, 9.17) is 9.72 Å². The molecule has 2 amide bonds. The Kier molecular flexibility index (Phi) is 5.85. The number of rotatable bonds is 6. The van der Waals surface area contributed by atoms with E-state index >= 15 is 0 Å². The molecule has 9 heteroatoms. The Labute approximate surface area is 200 Å². The highest BCUT2D eigenvalue weighted by Crippen LogP contribution is 2.38. The third-order valence-corrected chi connectivity index (χ3v) is 6.78. The summed E-state index contributed by atoms with van der Waals surface area (Å²) in [6.07, 6.45) is 3.76. The van der Waals surface area contributed by atoms with Gasteiger partial charge in [-0.15, -0.1) is 0 Å². The minimum atomic E-state index is -0.463. The molecule has 1 atom stereocenters. The van der Waals surface area contributed by atoms with Gasteiger partial charge in [-0.1, -0.05) is 41.7 Å². The number of thiazole rings is 1. The van der Waals surface area contributed by atoms with Crippen LogP contribution in [0, 0.1) is 5.92 Å². The molecule has 1 aliphatic rings. The van der Waals surface area contributed by atoms with Crippen molar-refractivity contribution in [3.05, 3.63) is 67.0 Å². The molecule has 5 rings (SSSR count). The van der Waals surface area contributed by atoms with Gasteiger partial charge >= 0.3 is 0 Å². The number of nitrogens with one attached hydrogen (secondary N) is 1. The van der Waals surface area contributed by atoms with Crippen LogP contribution in [-0.4, -0.2) is 40.0 Å². The number of carbonyl (C=O) groups is 2. The van der Waals surface area contributed by atoms with Crippen LogP contribution in [-0.2, 0) is 16.6 Å². The second-order valence-electron chi connectivity index (χ2n) is 8.02. The molecule has 172 valence electrons. The summed E-state index contributed by atoms with van der Waals surface area (Å²) in [6, 6.07) is 17.1. The summed E-state index contributed by atoms with van der Waals surface area (Å²) in [4.78, 5) is 37.4. The number of carbonyl (C=O) groups excluding carboxylic acids is 2. The van der Waals surface area contributed by atoms with Crippen LogP contribution in [0.1, 0.15) is 6.42 Å². The van der Waals surface area contributed by atoms with Gasteiger partial charge in [-0.25, -0.2) is 9.97 Å². The summed E-state index contributed by atoms with van der Waals surface area (Å²) in [5.74, 6) is 0.729. The zero-order chi connectivity index (χ0) is 23.7. The predicted octanol–water partition coefficient (Wildman–Crippen LogP) is 4.21. The van der Waals surface area contributed by atoms with E-state index in [1.54, 1.807) is 30.3 Å². The van der Waals surface area contributed by atoms with E-state index in [0.717, 1.165) is 27.6 Å². The lowest BCUT2D eigenvalue weighted by Gasteiger charge is -2.16. The molecule has 1 N–H and O–H groups in total. The largest absolute Gasteiger partial charge is 0.497 e. The predicted molar refractivity (Wildman–Crippen MR) is 132 cm³/mol. The highest BCUT2D eigenvalue weighted by atomic mass is 32.1. The van der Waals surface area contributed by atoms with Crippen molar-refractivity contribution in [3.63, 3.8) is 0 Å². The fourth-order valence-corrected chi connectivity index (χ4v) is 5.03. The van der Waals surface area contributed by atoms with Gasteiger partial charge in [0, 0.05) is 43.7 Å². The standard InChI is InChI=1S/C25H23N5O3S/c1-29-13-12-26-23(29)22-21(16-6-4-3-5-7-16)27-25(34-22)28-24(32)17-14-20(31)30(15-17)18-8-10-19(33-2)11-9-18/h3-13,17H,14-15H2,1-2H3,(H,27,28,32). The summed E-state index contributed by atoms with van der Waals surface area (Å²) >= 11 is 1.38. The SMILES string of the molecule is COc1ccc(N2CC(C(=O)Nc3nc(-c4ccccc4)c(-c4nccn4C)s3)CC2=O)cc1. The minimum Gasteiger partial charge on any atom is -0.497 e. The Bertz CT molecular complexity index is 1330. The van der Waals surface area contributed by atoms with Gasteiger partial charge in [0.2, 0.25) is 11.8 Å². The number of hydrogen-bond acceptors (Lipinski definition) is 6. The van der Waals surface area contributed by atoms with Gasteiger partial charge in [0.15, 0.2) is 11.0 Å². The number of hydrogen-bond donors (Lipinski definition) is 1. The number of ether oxygens (including phenoxy) is 1. The van der Waals surface area contributed by atoms with Crippen LogP contribution in [0.25, 0.3) is 22.0 Å². The van der Waals surface area contributed by atoms with Gasteiger partial charge in [0.25, 0.3) is 0 Å². The molecule has 1 unspecified atom stereocenters. The number of nitrogens with zero attached hydrogens (tertiary/aromatic N) is 4. The summed E-state index contributed by atoms with van der Waals surface area (Å²) in [6.45, 7) is 0.320. The molecule has 1 saturated heterocycles. The van der Waals surface area contributed by atoms with Crippen LogP contribution in [0.15, 0.2) is 67.0 Å². The normalized spacial score (nSPS) is 15.5. The van der Waals surface area contributed by atoms with Crippen LogP contribution < -0.4 is 15.0 Å². The van der Waals surface area contributed by atoms with Crippen molar-refractivity contribution in [2.45, 2.75) is 6.42 Å². The molecule has 0 saturated carbocycles. The lowest BCUT2D eigenvalue weighted by Crippen LogP contribution is -2.28. The number of imidazole rings is 1. The van der Waals surface area contributed by atoms with E-state index in [0.29, 0.717) is 17.4 Å². The summed E-state index contributed by atoms with van der Waals surface area (Å²) < 4.78 is 7.11. The number of aromatic nitrogens is 3. The van der Waals surface area contributed by atoms with Gasteiger partial charge in [0.05, 0.1) is 23.6 Å². The Morgan fingerprint density at radius 2 is 1.91 bits per heavy atom. The average Bonchev–Trinajstić information content (AvgIpc) is 3.58. The fourth-order valence-electron chi connectivity index (χ4n) is 4.00. The van der Waals surface area contributed by atoms with Gasteiger partial charge in [-0.2, -0.15) is 0 Å². The van der Waals surface area contributed by atoms with Crippen LogP contribution in [0.3, 0.4) is 0 Å². The molecular weight excluding hydrogens is 450 g/mol. The topological polar surface area (TPSA) is 89.3 Å². The van der Waals surface area contributed by atoms with Crippen molar-refractivity contribution in [2.24, 2.45) is 13.0 Å². The number of benzene rings is 2. The van der Waals surface area contributed by atoms with Gasteiger partial charge in [0.1, 0.15) is 5.75 Å². The Hall–Kier alpha value is -3.98. The van der Waals surface area contributed by atoms with Crippen LogP contribution in [0.2, 0.25) is 0 Å². The minimum absolute atomic E-state index is 0.0804. The molecule has 2 aromatic carbocycles. The molecule has 1 aliphatic heterocycles. The van der Waals surface area contributed by atoms with Crippen molar-refractivity contribution in [2.75, 3.05) is 23.9 Å². The Morgan fingerprint density at radius 3 is 2.59 bits per heavy atom. The molecule has 0 bridgehead atoms. The van der Waals surface area contributed by atoms with Gasteiger partial charge in [-0.3, -0.25) is 9.59 Å². The van der Waals surface area contributed by atoms with E-state index in [1.807, 2.05) is 60.3 Å². The first kappa shape index (κ1) is 21.8. The van der Waals surface area contributed by atoms with Gasteiger partial charge < -0.3 is 19.5 Å². The zero-order valence-electron chi connectivity index (χ0n) is 18.8. The maximum Gasteiger partial charge on any atom is 0.231 e. The van der Waals surface area contributed by atoms with Crippen molar-refractivity contribution in [3.8, 4) is 27.7 Å². The second kappa shape index (κ2) is 9.11. The van der Waals surface area contributed by atoms with E-state index in [-0.39, 0.29) is 18.2 Å². The number of amides is 2. The highest BCUT2D eigenvalue weighted by molar-refractivity contribution is 7.19. The third-order valence-electron chi connectivity index (χ3n) is 5.81. The lowest BCUT2D eigenvalue weighted by molar-refractivity contribution is -0.122. The number of aryl methyl sites for hydroxylation is 1. The van der Waals surface area contributed by atoms with E-state index < -0.39 is 5.92 Å². The maximum atomic E-state index is 13.1. The molecule has 3 heterocycles.